The Bertz CT molecular complexity index is 1090. The van der Waals surface area contributed by atoms with Gasteiger partial charge in [-0.05, 0) is 18.2 Å². The molecule has 1 fully saturated rings. The van der Waals surface area contributed by atoms with Crippen molar-refractivity contribution in [1.29, 1.82) is 0 Å². The fourth-order valence-corrected chi connectivity index (χ4v) is 4.69. The molecule has 0 aromatic carbocycles. The molecule has 10 nitrogen and oxygen atoms in total. The van der Waals surface area contributed by atoms with Crippen LogP contribution in [-0.4, -0.2) is 58.8 Å². The zero-order valence-corrected chi connectivity index (χ0v) is 15.0. The van der Waals surface area contributed by atoms with Crippen LogP contribution in [-0.2, 0) is 10.0 Å². The first-order valence-electron chi connectivity index (χ1n) is 8.24. The molecule has 0 aliphatic carbocycles. The van der Waals surface area contributed by atoms with Crippen LogP contribution in [0, 0.1) is 10.1 Å². The Morgan fingerprint density at radius 3 is 2.56 bits per heavy atom. The summed E-state index contributed by atoms with van der Waals surface area (Å²) in [5.74, 6) is 0.592. The number of pyridine rings is 2. The van der Waals surface area contributed by atoms with Crippen molar-refractivity contribution in [1.82, 2.24) is 19.3 Å². The maximum absolute atomic E-state index is 13.0. The van der Waals surface area contributed by atoms with Crippen molar-refractivity contribution in [3.8, 4) is 0 Å². The van der Waals surface area contributed by atoms with E-state index in [2.05, 4.69) is 15.0 Å². The molecule has 3 aromatic heterocycles. The number of aromatic nitrogens is 3. The highest BCUT2D eigenvalue weighted by molar-refractivity contribution is 7.89. The number of nitrogens with one attached hydrogen (secondary N) is 1. The van der Waals surface area contributed by atoms with Crippen LogP contribution in [0.2, 0.25) is 0 Å². The third-order valence-corrected chi connectivity index (χ3v) is 6.48. The van der Waals surface area contributed by atoms with Crippen LogP contribution in [0.1, 0.15) is 0 Å². The molecule has 27 heavy (non-hydrogen) atoms. The SMILES string of the molecule is O=[N+]([O-])c1ccc(N2CCN(S(=O)(=O)c3c[nH]c4ncccc34)CC2)nc1. The van der Waals surface area contributed by atoms with Crippen LogP contribution >= 0.6 is 0 Å². The molecule has 0 amide bonds. The van der Waals surface area contributed by atoms with E-state index in [9.17, 15) is 18.5 Å². The third kappa shape index (κ3) is 3.11. The predicted molar refractivity (Wildman–Crippen MR) is 98.0 cm³/mol. The molecule has 140 valence electrons. The molecule has 0 spiro atoms. The standard InChI is InChI=1S/C16H16N6O4S/c23-22(24)12-3-4-15(18-10-12)20-6-8-21(9-7-20)27(25,26)14-11-19-16-13(14)2-1-5-17-16/h1-5,10-11H,6-9H2,(H,17,19). The zero-order valence-electron chi connectivity index (χ0n) is 14.1. The molecule has 0 bridgehead atoms. The molecule has 1 N–H and O–H groups in total. The highest BCUT2D eigenvalue weighted by Gasteiger charge is 2.31. The van der Waals surface area contributed by atoms with Crippen LogP contribution in [0.15, 0.2) is 47.8 Å². The van der Waals surface area contributed by atoms with Crippen molar-refractivity contribution in [2.75, 3.05) is 31.1 Å². The maximum Gasteiger partial charge on any atom is 0.287 e. The average molecular weight is 388 g/mol. The molecule has 11 heteroatoms. The molecule has 4 rings (SSSR count). The molecule has 0 radical (unpaired) electrons. The third-order valence-electron chi connectivity index (χ3n) is 4.54. The second-order valence-electron chi connectivity index (χ2n) is 6.08. The van der Waals surface area contributed by atoms with Gasteiger partial charge in [-0.3, -0.25) is 10.1 Å². The lowest BCUT2D eigenvalue weighted by Gasteiger charge is -2.34. The van der Waals surface area contributed by atoms with E-state index in [4.69, 9.17) is 0 Å². The first-order valence-corrected chi connectivity index (χ1v) is 9.68. The van der Waals surface area contributed by atoms with Crippen LogP contribution in [0.3, 0.4) is 0 Å². The lowest BCUT2D eigenvalue weighted by Crippen LogP contribution is -2.48. The summed E-state index contributed by atoms with van der Waals surface area (Å²) in [6.07, 6.45) is 4.28. The number of hydrogen-bond acceptors (Lipinski definition) is 7. The Balaban J connectivity index is 1.51. The van der Waals surface area contributed by atoms with Gasteiger partial charge in [0, 0.05) is 50.0 Å². The summed E-state index contributed by atoms with van der Waals surface area (Å²) in [5.41, 5.74) is 0.456. The van der Waals surface area contributed by atoms with Crippen LogP contribution in [0.25, 0.3) is 11.0 Å². The monoisotopic (exact) mass is 388 g/mol. The maximum atomic E-state index is 13.0. The molecule has 0 saturated carbocycles. The van der Waals surface area contributed by atoms with Gasteiger partial charge in [-0.1, -0.05) is 0 Å². The molecule has 1 aliphatic heterocycles. The number of hydrogen-bond donors (Lipinski definition) is 1. The Morgan fingerprint density at radius 2 is 1.89 bits per heavy atom. The summed E-state index contributed by atoms with van der Waals surface area (Å²) < 4.78 is 27.4. The second kappa shape index (κ2) is 6.59. The number of piperazine rings is 1. The van der Waals surface area contributed by atoms with Crippen LogP contribution in [0.5, 0.6) is 0 Å². The van der Waals surface area contributed by atoms with E-state index in [0.717, 1.165) is 0 Å². The van der Waals surface area contributed by atoms with Gasteiger partial charge in [0.15, 0.2) is 0 Å². The summed E-state index contributed by atoms with van der Waals surface area (Å²) in [6, 6.07) is 6.40. The van der Waals surface area contributed by atoms with Crippen LogP contribution in [0.4, 0.5) is 11.5 Å². The molecule has 0 unspecified atom stereocenters. The lowest BCUT2D eigenvalue weighted by atomic mass is 10.3. The van der Waals surface area contributed by atoms with E-state index < -0.39 is 14.9 Å². The minimum atomic E-state index is -3.64. The highest BCUT2D eigenvalue weighted by atomic mass is 32.2. The molecule has 0 atom stereocenters. The van der Waals surface area contributed by atoms with E-state index in [1.165, 1.54) is 22.8 Å². The minimum absolute atomic E-state index is 0.0760. The summed E-state index contributed by atoms with van der Waals surface area (Å²) in [4.78, 5) is 23.5. The molecule has 1 saturated heterocycles. The Kier molecular flexibility index (Phi) is 4.24. The lowest BCUT2D eigenvalue weighted by molar-refractivity contribution is -0.385. The average Bonchev–Trinajstić information content (AvgIpc) is 3.13. The van der Waals surface area contributed by atoms with Crippen LogP contribution < -0.4 is 4.90 Å². The van der Waals surface area contributed by atoms with Crippen molar-refractivity contribution in [2.24, 2.45) is 0 Å². The highest BCUT2D eigenvalue weighted by Crippen LogP contribution is 2.26. The number of aromatic amines is 1. The van der Waals surface area contributed by atoms with E-state index >= 15 is 0 Å². The normalized spacial score (nSPS) is 15.9. The van der Waals surface area contributed by atoms with Gasteiger partial charge in [0.1, 0.15) is 22.6 Å². The number of fused-ring (bicyclic) bond motifs is 1. The number of sulfonamides is 1. The summed E-state index contributed by atoms with van der Waals surface area (Å²) in [7, 11) is -3.64. The summed E-state index contributed by atoms with van der Waals surface area (Å²) in [6.45, 7) is 1.50. The number of anilines is 1. The van der Waals surface area contributed by atoms with Crippen molar-refractivity contribution < 1.29 is 13.3 Å². The number of nitrogens with zero attached hydrogens (tertiary/aromatic N) is 5. The quantitative estimate of drug-likeness (QED) is 0.528. The van der Waals surface area contributed by atoms with E-state index in [1.54, 1.807) is 24.4 Å². The summed E-state index contributed by atoms with van der Waals surface area (Å²) in [5, 5.41) is 11.3. The Morgan fingerprint density at radius 1 is 1.11 bits per heavy atom. The van der Waals surface area contributed by atoms with Gasteiger partial charge >= 0.3 is 0 Å². The fourth-order valence-electron chi connectivity index (χ4n) is 3.11. The fraction of sp³-hybridized carbons (Fsp3) is 0.250. The van der Waals surface area contributed by atoms with Gasteiger partial charge in [-0.15, -0.1) is 0 Å². The van der Waals surface area contributed by atoms with Crippen molar-refractivity contribution in [3.63, 3.8) is 0 Å². The van der Waals surface area contributed by atoms with Gasteiger partial charge in [0.2, 0.25) is 10.0 Å². The van der Waals surface area contributed by atoms with Crippen molar-refractivity contribution in [3.05, 3.63) is 53.0 Å². The molecular weight excluding hydrogens is 372 g/mol. The summed E-state index contributed by atoms with van der Waals surface area (Å²) >= 11 is 0. The van der Waals surface area contributed by atoms with Crippen molar-refractivity contribution in [2.45, 2.75) is 4.90 Å². The molecule has 4 heterocycles. The topological polar surface area (TPSA) is 125 Å². The number of H-pyrrole nitrogens is 1. The van der Waals surface area contributed by atoms with Gasteiger partial charge in [-0.25, -0.2) is 18.4 Å². The first kappa shape index (κ1) is 17.4. The molecular formula is C16H16N6O4S. The van der Waals surface area contributed by atoms with Gasteiger partial charge < -0.3 is 9.88 Å². The second-order valence-corrected chi connectivity index (χ2v) is 7.98. The zero-order chi connectivity index (χ0) is 19.0. The van der Waals surface area contributed by atoms with Crippen molar-refractivity contribution >= 4 is 32.6 Å². The molecule has 3 aromatic rings. The molecule has 1 aliphatic rings. The van der Waals surface area contributed by atoms with Gasteiger partial charge in [-0.2, -0.15) is 4.31 Å². The first-order chi connectivity index (χ1) is 13.0. The number of nitro groups is 1. The van der Waals surface area contributed by atoms with Gasteiger partial charge in [0.05, 0.1) is 4.92 Å². The minimum Gasteiger partial charge on any atom is -0.354 e. The largest absolute Gasteiger partial charge is 0.354 e. The van der Waals surface area contributed by atoms with E-state index in [0.29, 0.717) is 43.0 Å². The van der Waals surface area contributed by atoms with Gasteiger partial charge in [0.25, 0.3) is 5.69 Å². The van der Waals surface area contributed by atoms with E-state index in [-0.39, 0.29) is 10.6 Å². The smallest absolute Gasteiger partial charge is 0.287 e. The van der Waals surface area contributed by atoms with E-state index in [1.807, 2.05) is 4.90 Å². The Hall–Kier alpha value is -3.05. The Labute approximate surface area is 154 Å². The predicted octanol–water partition coefficient (Wildman–Crippen LogP) is 1.38. The number of rotatable bonds is 4.